The molecule has 8 heteroatoms. The van der Waals surface area contributed by atoms with E-state index in [-0.39, 0.29) is 17.6 Å². The molecule has 0 atom stereocenters. The molecule has 0 aliphatic carbocycles. The minimum absolute atomic E-state index is 0.0385. The standard InChI is InChI=1S/C30H25FN6O/c1-17(2)10-28(38)34-22-11-19(14-32-16-22)20-12-25-29(36-37-30(25)33-15-20)27-13-24-23(4-3-5-26(24)35-27)18-6-8-21(31)9-7-18/h3-9,11-17,35H,10H2,1-2H3,(H,34,38)(H,33,36,37). The average Bonchev–Trinajstić information content (AvgIpc) is 3.52. The summed E-state index contributed by atoms with van der Waals surface area (Å²) in [6.07, 6.45) is 5.60. The number of H-pyrrole nitrogens is 2. The van der Waals surface area contributed by atoms with Crippen LogP contribution in [0.2, 0.25) is 0 Å². The monoisotopic (exact) mass is 504 g/mol. The van der Waals surface area contributed by atoms with Crippen molar-refractivity contribution in [1.82, 2.24) is 25.1 Å². The third-order valence-electron chi connectivity index (χ3n) is 6.44. The minimum atomic E-state index is -0.263. The van der Waals surface area contributed by atoms with Crippen LogP contribution >= 0.6 is 0 Å². The van der Waals surface area contributed by atoms with Crippen molar-refractivity contribution in [2.75, 3.05) is 5.32 Å². The fourth-order valence-corrected chi connectivity index (χ4v) is 4.68. The molecule has 0 saturated carbocycles. The van der Waals surface area contributed by atoms with E-state index in [1.165, 1.54) is 12.1 Å². The number of halogens is 1. The molecule has 6 rings (SSSR count). The van der Waals surface area contributed by atoms with Crippen molar-refractivity contribution in [2.45, 2.75) is 20.3 Å². The zero-order chi connectivity index (χ0) is 26.2. The molecule has 2 aromatic carbocycles. The Morgan fingerprint density at radius 2 is 1.76 bits per heavy atom. The lowest BCUT2D eigenvalue weighted by Crippen LogP contribution is -2.13. The maximum absolute atomic E-state index is 13.5. The van der Waals surface area contributed by atoms with Gasteiger partial charge in [-0.05, 0) is 53.4 Å². The Hall–Kier alpha value is -4.85. The lowest BCUT2D eigenvalue weighted by molar-refractivity contribution is -0.116. The molecule has 0 radical (unpaired) electrons. The number of hydrogen-bond acceptors (Lipinski definition) is 4. The van der Waals surface area contributed by atoms with E-state index in [0.717, 1.165) is 49.9 Å². The van der Waals surface area contributed by atoms with Gasteiger partial charge in [0.2, 0.25) is 5.91 Å². The van der Waals surface area contributed by atoms with Gasteiger partial charge in [-0.3, -0.25) is 14.9 Å². The van der Waals surface area contributed by atoms with Crippen molar-refractivity contribution in [1.29, 1.82) is 0 Å². The number of benzene rings is 2. The molecule has 1 amide bonds. The summed E-state index contributed by atoms with van der Waals surface area (Å²) in [6.45, 7) is 4.02. The highest BCUT2D eigenvalue weighted by molar-refractivity contribution is 6.01. The van der Waals surface area contributed by atoms with E-state index in [1.54, 1.807) is 30.7 Å². The molecule has 0 aliphatic rings. The first kappa shape index (κ1) is 23.5. The van der Waals surface area contributed by atoms with Gasteiger partial charge in [-0.15, -0.1) is 0 Å². The van der Waals surface area contributed by atoms with Crippen LogP contribution < -0.4 is 5.32 Å². The van der Waals surface area contributed by atoms with Crippen molar-refractivity contribution in [3.63, 3.8) is 0 Å². The van der Waals surface area contributed by atoms with Crippen LogP contribution in [0, 0.1) is 11.7 Å². The molecule has 6 aromatic rings. The van der Waals surface area contributed by atoms with E-state index < -0.39 is 0 Å². The van der Waals surface area contributed by atoms with Gasteiger partial charge in [0.1, 0.15) is 11.5 Å². The predicted molar refractivity (Wildman–Crippen MR) is 148 cm³/mol. The van der Waals surface area contributed by atoms with Gasteiger partial charge >= 0.3 is 0 Å². The van der Waals surface area contributed by atoms with E-state index in [4.69, 9.17) is 0 Å². The number of nitrogens with zero attached hydrogens (tertiary/aromatic N) is 3. The molecule has 0 unspecified atom stereocenters. The second kappa shape index (κ2) is 9.55. The predicted octanol–water partition coefficient (Wildman–Crippen LogP) is 6.96. The summed E-state index contributed by atoms with van der Waals surface area (Å²) in [5, 5.41) is 12.4. The molecule has 38 heavy (non-hydrogen) atoms. The molecule has 0 bridgehead atoms. The minimum Gasteiger partial charge on any atom is -0.353 e. The Kier molecular flexibility index (Phi) is 5.92. The summed E-state index contributed by atoms with van der Waals surface area (Å²) in [6, 6.07) is 18.5. The normalized spacial score (nSPS) is 11.5. The van der Waals surface area contributed by atoms with Crippen molar-refractivity contribution >= 4 is 33.5 Å². The number of fused-ring (bicyclic) bond motifs is 2. The number of rotatable bonds is 6. The zero-order valence-corrected chi connectivity index (χ0v) is 20.9. The fourth-order valence-electron chi connectivity index (χ4n) is 4.68. The first-order valence-corrected chi connectivity index (χ1v) is 12.4. The molecular formula is C30H25FN6O. The van der Waals surface area contributed by atoms with Gasteiger partial charge in [-0.2, -0.15) is 5.10 Å². The van der Waals surface area contributed by atoms with Gasteiger partial charge in [-0.25, -0.2) is 9.37 Å². The summed E-state index contributed by atoms with van der Waals surface area (Å²) >= 11 is 0. The number of aromatic amines is 2. The Morgan fingerprint density at radius 1 is 0.947 bits per heavy atom. The maximum atomic E-state index is 13.5. The van der Waals surface area contributed by atoms with Crippen LogP contribution in [0.4, 0.5) is 10.1 Å². The summed E-state index contributed by atoms with van der Waals surface area (Å²) in [5.74, 6) is -0.0298. The number of aromatic nitrogens is 5. The highest BCUT2D eigenvalue weighted by Gasteiger charge is 2.15. The third kappa shape index (κ3) is 4.52. The van der Waals surface area contributed by atoms with E-state index in [9.17, 15) is 9.18 Å². The Labute approximate surface area is 218 Å². The van der Waals surface area contributed by atoms with Crippen LogP contribution in [0.15, 0.2) is 79.3 Å². The third-order valence-corrected chi connectivity index (χ3v) is 6.44. The van der Waals surface area contributed by atoms with Crippen LogP contribution in [-0.2, 0) is 4.79 Å². The Balaban J connectivity index is 1.38. The van der Waals surface area contributed by atoms with Gasteiger partial charge in [0.05, 0.1) is 17.6 Å². The molecule has 4 aromatic heterocycles. The van der Waals surface area contributed by atoms with Crippen LogP contribution in [0.25, 0.3) is 55.6 Å². The average molecular weight is 505 g/mol. The number of anilines is 1. The van der Waals surface area contributed by atoms with Crippen LogP contribution in [-0.4, -0.2) is 31.1 Å². The van der Waals surface area contributed by atoms with Crippen molar-refractivity contribution in [2.24, 2.45) is 5.92 Å². The second-order valence-electron chi connectivity index (χ2n) is 9.76. The zero-order valence-electron chi connectivity index (χ0n) is 20.9. The highest BCUT2D eigenvalue weighted by atomic mass is 19.1. The quantitative estimate of drug-likeness (QED) is 0.228. The largest absolute Gasteiger partial charge is 0.353 e. The first-order valence-electron chi connectivity index (χ1n) is 12.4. The molecular weight excluding hydrogens is 479 g/mol. The molecule has 3 N–H and O–H groups in total. The Morgan fingerprint density at radius 3 is 2.58 bits per heavy atom. The second-order valence-corrected chi connectivity index (χ2v) is 9.76. The van der Waals surface area contributed by atoms with Crippen LogP contribution in [0.5, 0.6) is 0 Å². The molecule has 0 spiro atoms. The Bertz CT molecular complexity index is 1780. The number of amides is 1. The van der Waals surface area contributed by atoms with Crippen molar-refractivity contribution in [3.05, 3.63) is 85.1 Å². The SMILES string of the molecule is CC(C)CC(=O)Nc1cncc(-c2cnc3[nH]nc(-c4cc5c(-c6ccc(F)cc6)cccc5[nH]4)c3c2)c1. The van der Waals surface area contributed by atoms with Crippen molar-refractivity contribution in [3.8, 4) is 33.6 Å². The van der Waals surface area contributed by atoms with E-state index in [1.807, 2.05) is 44.2 Å². The summed E-state index contributed by atoms with van der Waals surface area (Å²) in [7, 11) is 0. The molecule has 7 nitrogen and oxygen atoms in total. The summed E-state index contributed by atoms with van der Waals surface area (Å²) < 4.78 is 13.5. The maximum Gasteiger partial charge on any atom is 0.224 e. The molecule has 4 heterocycles. The molecule has 188 valence electrons. The van der Waals surface area contributed by atoms with E-state index >= 15 is 0 Å². The fraction of sp³-hybridized carbons (Fsp3) is 0.133. The number of carbonyl (C=O) groups is 1. The molecule has 0 fully saturated rings. The highest BCUT2D eigenvalue weighted by Crippen LogP contribution is 2.35. The summed E-state index contributed by atoms with van der Waals surface area (Å²) in [5.41, 5.74) is 7.48. The summed E-state index contributed by atoms with van der Waals surface area (Å²) in [4.78, 5) is 24.6. The number of hydrogen-bond donors (Lipinski definition) is 3. The van der Waals surface area contributed by atoms with Gasteiger partial charge in [0.25, 0.3) is 0 Å². The molecule has 0 aliphatic heterocycles. The lowest BCUT2D eigenvalue weighted by atomic mass is 10.0. The van der Waals surface area contributed by atoms with Gasteiger partial charge in [0.15, 0.2) is 5.65 Å². The van der Waals surface area contributed by atoms with Crippen LogP contribution in [0.1, 0.15) is 20.3 Å². The van der Waals surface area contributed by atoms with Crippen LogP contribution in [0.3, 0.4) is 0 Å². The lowest BCUT2D eigenvalue weighted by Gasteiger charge is -2.08. The van der Waals surface area contributed by atoms with Gasteiger partial charge < -0.3 is 10.3 Å². The van der Waals surface area contributed by atoms with Crippen molar-refractivity contribution < 1.29 is 9.18 Å². The van der Waals surface area contributed by atoms with Gasteiger partial charge in [-0.1, -0.05) is 38.1 Å². The number of carbonyl (C=O) groups excluding carboxylic acids is 1. The van der Waals surface area contributed by atoms with E-state index in [2.05, 4.69) is 36.5 Å². The number of nitrogens with one attached hydrogen (secondary N) is 3. The molecule has 0 saturated heterocycles. The van der Waals surface area contributed by atoms with Gasteiger partial charge in [0, 0.05) is 46.2 Å². The topological polar surface area (TPSA) is 99.3 Å². The smallest absolute Gasteiger partial charge is 0.224 e. The first-order chi connectivity index (χ1) is 18.4. The number of pyridine rings is 2. The van der Waals surface area contributed by atoms with E-state index in [0.29, 0.717) is 17.8 Å².